The molecule has 7 heteroatoms. The van der Waals surface area contributed by atoms with Crippen molar-refractivity contribution in [1.29, 1.82) is 0 Å². The van der Waals surface area contributed by atoms with Gasteiger partial charge in [-0.05, 0) is 55.0 Å². The maximum atomic E-state index is 12.5. The molecule has 1 amide bonds. The molecule has 0 fully saturated rings. The Morgan fingerprint density at radius 1 is 1.06 bits per heavy atom. The van der Waals surface area contributed by atoms with Crippen LogP contribution in [0.2, 0.25) is 0 Å². The minimum absolute atomic E-state index is 0.193. The van der Waals surface area contributed by atoms with Gasteiger partial charge in [0.05, 0.1) is 36.4 Å². The molecule has 0 aliphatic heterocycles. The Kier molecular flexibility index (Phi) is 6.17. The van der Waals surface area contributed by atoms with Crippen LogP contribution in [0.3, 0.4) is 0 Å². The molecule has 0 spiro atoms. The summed E-state index contributed by atoms with van der Waals surface area (Å²) in [7, 11) is 0. The van der Waals surface area contributed by atoms with Crippen molar-refractivity contribution < 1.29 is 14.3 Å². The van der Waals surface area contributed by atoms with E-state index in [4.69, 9.17) is 10.5 Å². The number of nitrogens with two attached hydrogens (primary N) is 1. The zero-order valence-electron chi connectivity index (χ0n) is 17.7. The molecule has 4 aromatic rings. The fourth-order valence-electron chi connectivity index (χ4n) is 3.63. The molecule has 0 radical (unpaired) electrons. The predicted octanol–water partition coefficient (Wildman–Crippen LogP) is 4.41. The summed E-state index contributed by atoms with van der Waals surface area (Å²) < 4.78 is 7.15. The van der Waals surface area contributed by atoms with E-state index in [-0.39, 0.29) is 24.3 Å². The van der Waals surface area contributed by atoms with Crippen LogP contribution >= 0.6 is 0 Å². The second-order valence-corrected chi connectivity index (χ2v) is 7.37. The largest absolute Gasteiger partial charge is 0.466 e. The topological polar surface area (TPSA) is 99.2 Å². The highest BCUT2D eigenvalue weighted by Gasteiger charge is 2.21. The Labute approximate surface area is 185 Å². The SMILES string of the molecule is CCOC(=O)CC(c1ccccc1)n1cnc2cc(NC(=O)c3ccc(N)cc3)ccc21. The van der Waals surface area contributed by atoms with E-state index in [1.54, 1.807) is 37.5 Å². The minimum atomic E-state index is -0.268. The van der Waals surface area contributed by atoms with Crippen molar-refractivity contribution >= 4 is 34.3 Å². The second-order valence-electron chi connectivity index (χ2n) is 7.37. The number of fused-ring (bicyclic) bond motifs is 1. The molecule has 0 saturated carbocycles. The Hall–Kier alpha value is -4.13. The van der Waals surface area contributed by atoms with Gasteiger partial charge in [0, 0.05) is 16.9 Å². The Morgan fingerprint density at radius 3 is 2.53 bits per heavy atom. The lowest BCUT2D eigenvalue weighted by molar-refractivity contribution is -0.143. The van der Waals surface area contributed by atoms with Crippen molar-refractivity contribution in [2.24, 2.45) is 0 Å². The highest BCUT2D eigenvalue weighted by Crippen LogP contribution is 2.28. The summed E-state index contributed by atoms with van der Waals surface area (Å²) in [6.07, 6.45) is 1.91. The lowest BCUT2D eigenvalue weighted by Crippen LogP contribution is -2.16. The molecular weight excluding hydrogens is 404 g/mol. The summed E-state index contributed by atoms with van der Waals surface area (Å²) >= 11 is 0. The Bertz CT molecular complexity index is 1230. The highest BCUT2D eigenvalue weighted by atomic mass is 16.5. The minimum Gasteiger partial charge on any atom is -0.466 e. The van der Waals surface area contributed by atoms with Gasteiger partial charge in [0.15, 0.2) is 0 Å². The highest BCUT2D eigenvalue weighted by molar-refractivity contribution is 6.05. The number of ether oxygens (including phenoxy) is 1. The number of anilines is 2. The molecule has 0 aliphatic carbocycles. The van der Waals surface area contributed by atoms with Crippen LogP contribution in [-0.2, 0) is 9.53 Å². The van der Waals surface area contributed by atoms with Crippen LogP contribution in [0.25, 0.3) is 11.0 Å². The second kappa shape index (κ2) is 9.34. The third-order valence-electron chi connectivity index (χ3n) is 5.19. The number of imidazole rings is 1. The zero-order chi connectivity index (χ0) is 22.5. The average molecular weight is 428 g/mol. The molecule has 32 heavy (non-hydrogen) atoms. The molecule has 7 nitrogen and oxygen atoms in total. The number of rotatable bonds is 7. The number of aromatic nitrogens is 2. The number of benzene rings is 3. The molecule has 0 saturated heterocycles. The van der Waals surface area contributed by atoms with Gasteiger partial charge in [0.25, 0.3) is 5.91 Å². The van der Waals surface area contributed by atoms with Crippen molar-refractivity contribution in [2.45, 2.75) is 19.4 Å². The van der Waals surface area contributed by atoms with Gasteiger partial charge in [0.1, 0.15) is 0 Å². The van der Waals surface area contributed by atoms with E-state index in [9.17, 15) is 9.59 Å². The summed E-state index contributed by atoms with van der Waals surface area (Å²) in [4.78, 5) is 29.3. The van der Waals surface area contributed by atoms with Gasteiger partial charge in [0.2, 0.25) is 0 Å². The molecule has 162 valence electrons. The van der Waals surface area contributed by atoms with Gasteiger partial charge >= 0.3 is 5.97 Å². The summed E-state index contributed by atoms with van der Waals surface area (Å²) in [5, 5.41) is 2.89. The first-order chi connectivity index (χ1) is 15.5. The molecular formula is C25H24N4O3. The first-order valence-electron chi connectivity index (χ1n) is 10.4. The molecule has 1 unspecified atom stereocenters. The lowest BCUT2D eigenvalue weighted by Gasteiger charge is -2.19. The fraction of sp³-hybridized carbons (Fsp3) is 0.160. The summed E-state index contributed by atoms with van der Waals surface area (Å²) in [6.45, 7) is 2.13. The van der Waals surface area contributed by atoms with Crippen LogP contribution in [0.5, 0.6) is 0 Å². The molecule has 4 rings (SSSR count). The maximum Gasteiger partial charge on any atom is 0.308 e. The number of nitrogen functional groups attached to an aromatic ring is 1. The van der Waals surface area contributed by atoms with Gasteiger partial charge in [-0.2, -0.15) is 0 Å². The van der Waals surface area contributed by atoms with Crippen molar-refractivity contribution in [3.63, 3.8) is 0 Å². The smallest absolute Gasteiger partial charge is 0.308 e. The van der Waals surface area contributed by atoms with Crippen molar-refractivity contribution in [2.75, 3.05) is 17.7 Å². The number of hydrogen-bond acceptors (Lipinski definition) is 5. The average Bonchev–Trinajstić information content (AvgIpc) is 3.21. The van der Waals surface area contributed by atoms with Crippen LogP contribution in [-0.4, -0.2) is 28.0 Å². The van der Waals surface area contributed by atoms with E-state index in [2.05, 4.69) is 10.3 Å². The third kappa shape index (κ3) is 4.62. The van der Waals surface area contributed by atoms with E-state index >= 15 is 0 Å². The molecule has 0 aliphatic rings. The zero-order valence-corrected chi connectivity index (χ0v) is 17.7. The van der Waals surface area contributed by atoms with E-state index in [0.717, 1.165) is 11.1 Å². The van der Waals surface area contributed by atoms with Crippen molar-refractivity contribution in [3.8, 4) is 0 Å². The van der Waals surface area contributed by atoms with Gasteiger partial charge in [-0.1, -0.05) is 30.3 Å². The number of nitrogens with zero attached hydrogens (tertiary/aromatic N) is 2. The number of esters is 1. The van der Waals surface area contributed by atoms with Crippen LogP contribution in [0.1, 0.15) is 35.3 Å². The first kappa shape index (κ1) is 21.1. The predicted molar refractivity (Wildman–Crippen MR) is 124 cm³/mol. The van der Waals surface area contributed by atoms with E-state index < -0.39 is 0 Å². The van der Waals surface area contributed by atoms with Crippen LogP contribution in [0, 0.1) is 0 Å². The molecule has 3 aromatic carbocycles. The summed E-state index contributed by atoms with van der Waals surface area (Å²) in [6, 6.07) is 21.8. The molecule has 1 atom stereocenters. The van der Waals surface area contributed by atoms with E-state index in [0.29, 0.717) is 29.1 Å². The summed E-state index contributed by atoms with van der Waals surface area (Å²) in [5.41, 5.74) is 9.99. The van der Waals surface area contributed by atoms with Gasteiger partial charge < -0.3 is 20.4 Å². The molecule has 0 bridgehead atoms. The van der Waals surface area contributed by atoms with E-state index in [1.165, 1.54) is 0 Å². The monoisotopic (exact) mass is 428 g/mol. The number of amides is 1. The Balaban J connectivity index is 1.62. The fourth-order valence-corrected chi connectivity index (χ4v) is 3.63. The summed E-state index contributed by atoms with van der Waals surface area (Å²) in [5.74, 6) is -0.496. The lowest BCUT2D eigenvalue weighted by atomic mass is 10.0. The number of carbonyl (C=O) groups excluding carboxylic acids is 2. The number of nitrogens with one attached hydrogen (secondary N) is 1. The standard InChI is InChI=1S/C25H24N4O3/c1-2-32-24(30)15-23(17-6-4-3-5-7-17)29-16-27-21-14-20(12-13-22(21)29)28-25(31)18-8-10-19(26)11-9-18/h3-14,16,23H,2,15,26H2,1H3,(H,28,31). The maximum absolute atomic E-state index is 12.5. The Morgan fingerprint density at radius 2 is 1.81 bits per heavy atom. The number of hydrogen-bond donors (Lipinski definition) is 2. The van der Waals surface area contributed by atoms with Crippen LogP contribution < -0.4 is 11.1 Å². The van der Waals surface area contributed by atoms with Crippen LogP contribution in [0.15, 0.2) is 79.1 Å². The van der Waals surface area contributed by atoms with Crippen LogP contribution in [0.4, 0.5) is 11.4 Å². The van der Waals surface area contributed by atoms with Crippen molar-refractivity contribution in [1.82, 2.24) is 9.55 Å². The molecule has 1 aromatic heterocycles. The number of carbonyl (C=O) groups is 2. The van der Waals surface area contributed by atoms with Gasteiger partial charge in [-0.15, -0.1) is 0 Å². The molecule has 3 N–H and O–H groups in total. The van der Waals surface area contributed by atoms with Gasteiger partial charge in [-0.25, -0.2) is 4.98 Å². The van der Waals surface area contributed by atoms with Crippen molar-refractivity contribution in [3.05, 3.63) is 90.3 Å². The van der Waals surface area contributed by atoms with E-state index in [1.807, 2.05) is 53.1 Å². The quantitative estimate of drug-likeness (QED) is 0.335. The third-order valence-corrected chi connectivity index (χ3v) is 5.19. The first-order valence-corrected chi connectivity index (χ1v) is 10.4. The molecule has 1 heterocycles. The normalized spacial score (nSPS) is 11.8. The van der Waals surface area contributed by atoms with Gasteiger partial charge in [-0.3, -0.25) is 9.59 Å².